The summed E-state index contributed by atoms with van der Waals surface area (Å²) in [7, 11) is -4.21. The van der Waals surface area contributed by atoms with Crippen LogP contribution in [-0.2, 0) is 10.1 Å². The number of anilines is 1. The number of aryl methyl sites for hydroxylation is 1. The van der Waals surface area contributed by atoms with Crippen LogP contribution >= 0.6 is 11.6 Å². The van der Waals surface area contributed by atoms with Gasteiger partial charge in [-0.25, -0.2) is 0 Å². The zero-order valence-electron chi connectivity index (χ0n) is 9.22. The van der Waals surface area contributed by atoms with Crippen LogP contribution in [0.3, 0.4) is 0 Å². The fourth-order valence-corrected chi connectivity index (χ4v) is 1.85. The standard InChI is InChI=1S/C10H14ClNO4S/c1-7-2-3-9(17(14,15)16)4-10(7)12-6-8(13)5-11/h2-4,8,12-13H,5-6H2,1H3,(H,14,15,16). The van der Waals surface area contributed by atoms with Crippen molar-refractivity contribution in [3.05, 3.63) is 23.8 Å². The van der Waals surface area contributed by atoms with Crippen LogP contribution in [0, 0.1) is 6.92 Å². The van der Waals surface area contributed by atoms with E-state index >= 15 is 0 Å². The van der Waals surface area contributed by atoms with Gasteiger partial charge in [0.05, 0.1) is 16.9 Å². The third kappa shape index (κ3) is 4.16. The number of aliphatic hydroxyl groups is 1. The van der Waals surface area contributed by atoms with Gasteiger partial charge in [0.15, 0.2) is 0 Å². The molecule has 0 spiro atoms. The predicted octanol–water partition coefficient (Wildman–Crippen LogP) is 1.25. The largest absolute Gasteiger partial charge is 0.390 e. The minimum Gasteiger partial charge on any atom is -0.390 e. The predicted molar refractivity (Wildman–Crippen MR) is 66.2 cm³/mol. The second kappa shape index (κ2) is 5.68. The van der Waals surface area contributed by atoms with Crippen molar-refractivity contribution in [2.24, 2.45) is 0 Å². The lowest BCUT2D eigenvalue weighted by atomic mass is 10.2. The van der Waals surface area contributed by atoms with E-state index in [2.05, 4.69) is 5.32 Å². The molecule has 7 heteroatoms. The van der Waals surface area contributed by atoms with Crippen LogP contribution in [0.4, 0.5) is 5.69 Å². The van der Waals surface area contributed by atoms with Crippen LogP contribution in [0.5, 0.6) is 0 Å². The van der Waals surface area contributed by atoms with Crippen LogP contribution in [0.2, 0.25) is 0 Å². The zero-order valence-corrected chi connectivity index (χ0v) is 10.8. The van der Waals surface area contributed by atoms with E-state index in [-0.39, 0.29) is 17.3 Å². The van der Waals surface area contributed by atoms with Gasteiger partial charge >= 0.3 is 0 Å². The van der Waals surface area contributed by atoms with Crippen molar-refractivity contribution in [3.63, 3.8) is 0 Å². The summed E-state index contributed by atoms with van der Waals surface area (Å²) in [5.41, 5.74) is 1.34. The highest BCUT2D eigenvalue weighted by molar-refractivity contribution is 7.85. The molecule has 96 valence electrons. The van der Waals surface area contributed by atoms with E-state index in [1.54, 1.807) is 13.0 Å². The Morgan fingerprint density at radius 2 is 2.12 bits per heavy atom. The average molecular weight is 280 g/mol. The van der Waals surface area contributed by atoms with Gasteiger partial charge in [-0.05, 0) is 24.6 Å². The first kappa shape index (κ1) is 14.2. The molecular formula is C10H14ClNO4S. The SMILES string of the molecule is Cc1ccc(S(=O)(=O)O)cc1NCC(O)CCl. The van der Waals surface area contributed by atoms with Gasteiger partial charge in [0, 0.05) is 12.2 Å². The molecule has 17 heavy (non-hydrogen) atoms. The fourth-order valence-electron chi connectivity index (χ4n) is 1.23. The molecule has 0 amide bonds. The maximum atomic E-state index is 10.9. The Labute approximate surface area is 105 Å². The molecule has 3 N–H and O–H groups in total. The van der Waals surface area contributed by atoms with Crippen LogP contribution < -0.4 is 5.32 Å². The van der Waals surface area contributed by atoms with E-state index in [9.17, 15) is 13.5 Å². The van der Waals surface area contributed by atoms with Crippen molar-refractivity contribution < 1.29 is 18.1 Å². The normalized spacial score (nSPS) is 13.4. The maximum absolute atomic E-state index is 10.9. The van der Waals surface area contributed by atoms with E-state index in [0.717, 1.165) is 5.56 Å². The summed E-state index contributed by atoms with van der Waals surface area (Å²) >= 11 is 5.44. The molecule has 1 unspecified atom stereocenters. The Hall–Kier alpha value is -0.820. The Kier molecular flexibility index (Phi) is 4.76. The molecule has 0 bridgehead atoms. The molecule has 1 atom stereocenters. The molecule has 0 aliphatic carbocycles. The molecule has 0 fully saturated rings. The molecule has 0 saturated carbocycles. The summed E-state index contributed by atoms with van der Waals surface area (Å²) in [6.07, 6.45) is -0.717. The molecule has 0 aliphatic heterocycles. The van der Waals surface area contributed by atoms with E-state index in [4.69, 9.17) is 16.2 Å². The van der Waals surface area contributed by atoms with Gasteiger partial charge < -0.3 is 10.4 Å². The third-order valence-electron chi connectivity index (χ3n) is 2.21. The number of hydrogen-bond acceptors (Lipinski definition) is 4. The van der Waals surface area contributed by atoms with Gasteiger partial charge in [-0.1, -0.05) is 6.07 Å². The summed E-state index contributed by atoms with van der Waals surface area (Å²) < 4.78 is 30.8. The number of alkyl halides is 1. The van der Waals surface area contributed by atoms with Gasteiger partial charge in [-0.15, -0.1) is 11.6 Å². The summed E-state index contributed by atoms with van der Waals surface area (Å²) in [5.74, 6) is 0.0873. The molecule has 0 heterocycles. The van der Waals surface area contributed by atoms with Gasteiger partial charge in [0.2, 0.25) is 0 Å². The maximum Gasteiger partial charge on any atom is 0.294 e. The van der Waals surface area contributed by atoms with Gasteiger partial charge in [0.1, 0.15) is 0 Å². The molecule has 0 radical (unpaired) electrons. The van der Waals surface area contributed by atoms with Crippen LogP contribution in [0.1, 0.15) is 5.56 Å². The minimum absolute atomic E-state index is 0.0873. The summed E-state index contributed by atoms with van der Waals surface area (Å²) in [5, 5.41) is 12.1. The van der Waals surface area contributed by atoms with Crippen molar-refractivity contribution in [1.29, 1.82) is 0 Å². The number of hydrogen-bond donors (Lipinski definition) is 3. The minimum atomic E-state index is -4.21. The van der Waals surface area contributed by atoms with Gasteiger partial charge in [-0.3, -0.25) is 4.55 Å². The van der Waals surface area contributed by atoms with Crippen LogP contribution in [0.25, 0.3) is 0 Å². The number of nitrogens with one attached hydrogen (secondary N) is 1. The number of aliphatic hydroxyl groups excluding tert-OH is 1. The molecule has 0 aromatic heterocycles. The monoisotopic (exact) mass is 279 g/mol. The highest BCUT2D eigenvalue weighted by Crippen LogP contribution is 2.20. The average Bonchev–Trinajstić information content (AvgIpc) is 2.26. The van der Waals surface area contributed by atoms with E-state index < -0.39 is 16.2 Å². The first-order valence-corrected chi connectivity index (χ1v) is 6.88. The van der Waals surface area contributed by atoms with Gasteiger partial charge in [-0.2, -0.15) is 8.42 Å². The number of rotatable bonds is 5. The van der Waals surface area contributed by atoms with Crippen LogP contribution in [-0.4, -0.2) is 36.6 Å². The first-order chi connectivity index (χ1) is 7.84. The molecule has 1 aromatic carbocycles. The van der Waals surface area contributed by atoms with Crippen molar-refractivity contribution in [3.8, 4) is 0 Å². The second-order valence-electron chi connectivity index (χ2n) is 3.64. The molecular weight excluding hydrogens is 266 g/mol. The third-order valence-corrected chi connectivity index (χ3v) is 3.42. The van der Waals surface area contributed by atoms with E-state index in [0.29, 0.717) is 5.69 Å². The molecule has 1 rings (SSSR count). The quantitative estimate of drug-likeness (QED) is 0.558. The summed E-state index contributed by atoms with van der Waals surface area (Å²) in [6, 6.07) is 4.19. The first-order valence-electron chi connectivity index (χ1n) is 4.90. The highest BCUT2D eigenvalue weighted by atomic mass is 35.5. The Morgan fingerprint density at radius 3 is 2.65 bits per heavy atom. The second-order valence-corrected chi connectivity index (χ2v) is 5.37. The lowest BCUT2D eigenvalue weighted by Gasteiger charge is -2.13. The van der Waals surface area contributed by atoms with E-state index in [1.807, 2.05) is 0 Å². The van der Waals surface area contributed by atoms with Crippen molar-refractivity contribution in [2.45, 2.75) is 17.9 Å². The molecule has 0 aliphatic rings. The molecule has 1 aromatic rings. The van der Waals surface area contributed by atoms with Gasteiger partial charge in [0.25, 0.3) is 10.1 Å². The Balaban J connectivity index is 2.92. The summed E-state index contributed by atoms with van der Waals surface area (Å²) in [4.78, 5) is -0.189. The summed E-state index contributed by atoms with van der Waals surface area (Å²) in [6.45, 7) is 1.99. The topological polar surface area (TPSA) is 86.6 Å². The lowest BCUT2D eigenvalue weighted by Crippen LogP contribution is -2.21. The fraction of sp³-hybridized carbons (Fsp3) is 0.400. The zero-order chi connectivity index (χ0) is 13.1. The molecule has 0 saturated heterocycles. The lowest BCUT2D eigenvalue weighted by molar-refractivity contribution is 0.211. The highest BCUT2D eigenvalue weighted by Gasteiger charge is 2.11. The number of benzene rings is 1. The Morgan fingerprint density at radius 1 is 1.47 bits per heavy atom. The van der Waals surface area contributed by atoms with Crippen molar-refractivity contribution in [1.82, 2.24) is 0 Å². The van der Waals surface area contributed by atoms with Crippen LogP contribution in [0.15, 0.2) is 23.1 Å². The smallest absolute Gasteiger partial charge is 0.294 e. The van der Waals surface area contributed by atoms with Crippen molar-refractivity contribution in [2.75, 3.05) is 17.7 Å². The van der Waals surface area contributed by atoms with Crippen molar-refractivity contribution >= 4 is 27.4 Å². The molecule has 5 nitrogen and oxygen atoms in total. The van der Waals surface area contributed by atoms with E-state index in [1.165, 1.54) is 12.1 Å². The Bertz CT molecular complexity index is 489. The number of halogens is 1.